The highest BCUT2D eigenvalue weighted by molar-refractivity contribution is 5.78. The smallest absolute Gasteiger partial charge is 0.234 e. The summed E-state index contributed by atoms with van der Waals surface area (Å²) in [6.07, 6.45) is 2.18. The third kappa shape index (κ3) is 4.61. The lowest BCUT2D eigenvalue weighted by atomic mass is 9.99. The number of hydrogen-bond acceptors (Lipinski definition) is 4. The van der Waals surface area contributed by atoms with Crippen LogP contribution in [0.25, 0.3) is 0 Å². The van der Waals surface area contributed by atoms with Crippen LogP contribution in [0.3, 0.4) is 0 Å². The Kier molecular flexibility index (Phi) is 5.88. The van der Waals surface area contributed by atoms with Crippen molar-refractivity contribution in [2.45, 2.75) is 44.9 Å². The molecule has 1 aliphatic heterocycles. The summed E-state index contributed by atoms with van der Waals surface area (Å²) < 4.78 is 5.36. The standard InChI is InChI=1S/C12H25N3O2/c1-9(2)14-12(16)8-15-5-4-11(17-3)6-10(15)7-13/h9-11H,4-8,13H2,1-3H3,(H,14,16). The Hall–Kier alpha value is -0.650. The lowest BCUT2D eigenvalue weighted by molar-refractivity contribution is -0.124. The van der Waals surface area contributed by atoms with Gasteiger partial charge in [-0.05, 0) is 26.7 Å². The third-order valence-electron chi connectivity index (χ3n) is 3.19. The van der Waals surface area contributed by atoms with Crippen molar-refractivity contribution >= 4 is 5.91 Å². The molecule has 0 radical (unpaired) electrons. The molecular formula is C12H25N3O2. The zero-order chi connectivity index (χ0) is 12.8. The molecule has 100 valence electrons. The lowest BCUT2D eigenvalue weighted by Crippen LogP contribution is -2.52. The van der Waals surface area contributed by atoms with Gasteiger partial charge in [0, 0.05) is 32.3 Å². The number of amides is 1. The van der Waals surface area contributed by atoms with Gasteiger partial charge in [-0.1, -0.05) is 0 Å². The highest BCUT2D eigenvalue weighted by Gasteiger charge is 2.28. The van der Waals surface area contributed by atoms with E-state index >= 15 is 0 Å². The van der Waals surface area contributed by atoms with E-state index in [-0.39, 0.29) is 24.1 Å². The quantitative estimate of drug-likeness (QED) is 0.710. The van der Waals surface area contributed by atoms with Crippen molar-refractivity contribution in [1.82, 2.24) is 10.2 Å². The van der Waals surface area contributed by atoms with E-state index in [0.717, 1.165) is 19.4 Å². The van der Waals surface area contributed by atoms with Crippen LogP contribution in [0, 0.1) is 0 Å². The molecule has 5 heteroatoms. The number of likely N-dealkylation sites (tertiary alicyclic amines) is 1. The molecule has 0 aliphatic carbocycles. The number of hydrogen-bond donors (Lipinski definition) is 2. The van der Waals surface area contributed by atoms with Gasteiger partial charge in [0.15, 0.2) is 0 Å². The first-order chi connectivity index (χ1) is 8.06. The molecule has 2 atom stereocenters. The largest absolute Gasteiger partial charge is 0.381 e. The van der Waals surface area contributed by atoms with Crippen molar-refractivity contribution in [2.75, 3.05) is 26.7 Å². The van der Waals surface area contributed by atoms with Crippen LogP contribution in [0.5, 0.6) is 0 Å². The summed E-state index contributed by atoms with van der Waals surface area (Å²) in [4.78, 5) is 13.9. The number of ether oxygens (including phenoxy) is 1. The van der Waals surface area contributed by atoms with Gasteiger partial charge in [-0.2, -0.15) is 0 Å². The van der Waals surface area contributed by atoms with Gasteiger partial charge in [-0.15, -0.1) is 0 Å². The fourth-order valence-electron chi connectivity index (χ4n) is 2.28. The molecule has 1 saturated heterocycles. The minimum absolute atomic E-state index is 0.0781. The predicted octanol–water partition coefficient (Wildman–Crippen LogP) is -0.0509. The molecule has 0 aromatic carbocycles. The molecule has 1 heterocycles. The van der Waals surface area contributed by atoms with E-state index in [0.29, 0.717) is 13.1 Å². The van der Waals surface area contributed by atoms with Gasteiger partial charge in [0.1, 0.15) is 0 Å². The minimum Gasteiger partial charge on any atom is -0.381 e. The average Bonchev–Trinajstić information content (AvgIpc) is 2.28. The molecule has 3 N–H and O–H groups in total. The van der Waals surface area contributed by atoms with Gasteiger partial charge in [-0.3, -0.25) is 9.69 Å². The molecule has 1 amide bonds. The number of piperidine rings is 1. The number of rotatable bonds is 5. The van der Waals surface area contributed by atoms with Crippen LogP contribution in [0.2, 0.25) is 0 Å². The maximum Gasteiger partial charge on any atom is 0.234 e. The molecule has 5 nitrogen and oxygen atoms in total. The number of nitrogens with two attached hydrogens (primary N) is 1. The number of nitrogens with one attached hydrogen (secondary N) is 1. The van der Waals surface area contributed by atoms with Crippen LogP contribution < -0.4 is 11.1 Å². The van der Waals surface area contributed by atoms with Crippen LogP contribution in [0.15, 0.2) is 0 Å². The first-order valence-corrected chi connectivity index (χ1v) is 6.33. The molecule has 1 rings (SSSR count). The molecule has 1 aliphatic rings. The van der Waals surface area contributed by atoms with Gasteiger partial charge < -0.3 is 15.8 Å². The van der Waals surface area contributed by atoms with E-state index in [9.17, 15) is 4.79 Å². The number of carbonyl (C=O) groups is 1. The maximum absolute atomic E-state index is 11.7. The Morgan fingerprint density at radius 1 is 1.59 bits per heavy atom. The zero-order valence-electron chi connectivity index (χ0n) is 11.1. The summed E-state index contributed by atoms with van der Waals surface area (Å²) in [5.41, 5.74) is 5.76. The fraction of sp³-hybridized carbons (Fsp3) is 0.917. The Morgan fingerprint density at radius 3 is 2.82 bits per heavy atom. The van der Waals surface area contributed by atoms with Crippen LogP contribution in [-0.4, -0.2) is 55.7 Å². The van der Waals surface area contributed by atoms with Gasteiger partial charge in [0.2, 0.25) is 5.91 Å². The summed E-state index contributed by atoms with van der Waals surface area (Å²) in [5, 5.41) is 2.91. The maximum atomic E-state index is 11.7. The van der Waals surface area contributed by atoms with E-state index in [4.69, 9.17) is 10.5 Å². The molecule has 1 fully saturated rings. The monoisotopic (exact) mass is 243 g/mol. The Bertz CT molecular complexity index is 246. The van der Waals surface area contributed by atoms with Gasteiger partial charge in [0.05, 0.1) is 12.6 Å². The normalized spacial score (nSPS) is 26.2. The SMILES string of the molecule is COC1CCN(CC(=O)NC(C)C)C(CN)C1. The molecule has 0 spiro atoms. The van der Waals surface area contributed by atoms with Gasteiger partial charge in [-0.25, -0.2) is 0 Å². The summed E-state index contributed by atoms with van der Waals surface area (Å²) in [6.45, 7) is 5.84. The fourth-order valence-corrected chi connectivity index (χ4v) is 2.28. The molecule has 2 unspecified atom stereocenters. The number of methoxy groups -OCH3 is 1. The predicted molar refractivity (Wildman–Crippen MR) is 67.7 cm³/mol. The van der Waals surface area contributed by atoms with E-state index in [2.05, 4.69) is 10.2 Å². The molecule has 17 heavy (non-hydrogen) atoms. The van der Waals surface area contributed by atoms with E-state index in [1.54, 1.807) is 7.11 Å². The van der Waals surface area contributed by atoms with Gasteiger partial charge >= 0.3 is 0 Å². The Balaban J connectivity index is 2.44. The third-order valence-corrected chi connectivity index (χ3v) is 3.19. The summed E-state index contributed by atoms with van der Waals surface area (Å²) >= 11 is 0. The van der Waals surface area contributed by atoms with Crippen molar-refractivity contribution in [3.8, 4) is 0 Å². The molecule has 0 aromatic heterocycles. The summed E-state index contributed by atoms with van der Waals surface area (Å²) in [7, 11) is 1.74. The van der Waals surface area contributed by atoms with Crippen molar-refractivity contribution in [3.05, 3.63) is 0 Å². The molecule has 0 bridgehead atoms. The highest BCUT2D eigenvalue weighted by Crippen LogP contribution is 2.18. The lowest BCUT2D eigenvalue weighted by Gasteiger charge is -2.38. The van der Waals surface area contributed by atoms with Crippen LogP contribution in [-0.2, 0) is 9.53 Å². The second kappa shape index (κ2) is 6.93. The number of nitrogens with zero attached hydrogens (tertiary/aromatic N) is 1. The Morgan fingerprint density at radius 2 is 2.29 bits per heavy atom. The number of carbonyl (C=O) groups excluding carboxylic acids is 1. The van der Waals surface area contributed by atoms with Crippen LogP contribution >= 0.6 is 0 Å². The average molecular weight is 243 g/mol. The molecule has 0 aromatic rings. The first-order valence-electron chi connectivity index (χ1n) is 6.33. The minimum atomic E-state index is 0.0781. The topological polar surface area (TPSA) is 67.6 Å². The van der Waals surface area contributed by atoms with Crippen molar-refractivity contribution in [3.63, 3.8) is 0 Å². The Labute approximate surface area is 104 Å². The van der Waals surface area contributed by atoms with E-state index in [1.165, 1.54) is 0 Å². The second-order valence-electron chi connectivity index (χ2n) is 4.96. The highest BCUT2D eigenvalue weighted by atomic mass is 16.5. The second-order valence-corrected chi connectivity index (χ2v) is 4.96. The van der Waals surface area contributed by atoms with E-state index < -0.39 is 0 Å². The molecular weight excluding hydrogens is 218 g/mol. The van der Waals surface area contributed by atoms with Crippen LogP contribution in [0.1, 0.15) is 26.7 Å². The van der Waals surface area contributed by atoms with Crippen molar-refractivity contribution in [2.24, 2.45) is 5.73 Å². The molecule has 0 saturated carbocycles. The van der Waals surface area contributed by atoms with E-state index in [1.807, 2.05) is 13.8 Å². The summed E-state index contributed by atoms with van der Waals surface area (Å²) in [6, 6.07) is 0.446. The zero-order valence-corrected chi connectivity index (χ0v) is 11.1. The summed E-state index contributed by atoms with van der Waals surface area (Å²) in [5.74, 6) is 0.0781. The van der Waals surface area contributed by atoms with Gasteiger partial charge in [0.25, 0.3) is 0 Å². The van der Waals surface area contributed by atoms with Crippen LogP contribution in [0.4, 0.5) is 0 Å². The van der Waals surface area contributed by atoms with Crippen molar-refractivity contribution in [1.29, 1.82) is 0 Å². The van der Waals surface area contributed by atoms with Crippen molar-refractivity contribution < 1.29 is 9.53 Å². The first kappa shape index (κ1) is 14.4.